The molecule has 1 aliphatic rings. The molecule has 2 aromatic heterocycles. The Morgan fingerprint density at radius 3 is 2.38 bits per heavy atom. The molecule has 1 saturated heterocycles. The number of hydrogen-bond acceptors (Lipinski definition) is 7. The first kappa shape index (κ1) is 31.5. The van der Waals surface area contributed by atoms with Crippen LogP contribution in [-0.4, -0.2) is 52.9 Å². The predicted octanol–water partition coefficient (Wildman–Crippen LogP) is 7.27. The Kier molecular flexibility index (Phi) is 9.63. The molecule has 0 saturated carbocycles. The maximum absolute atomic E-state index is 13.2. The molecule has 0 spiro atoms. The van der Waals surface area contributed by atoms with Crippen LogP contribution in [0.25, 0.3) is 11.1 Å². The quantitative estimate of drug-likeness (QED) is 0.243. The minimum Gasteiger partial charge on any atom is -0.488 e. The van der Waals surface area contributed by atoms with Crippen molar-refractivity contribution in [2.24, 2.45) is 5.41 Å². The Morgan fingerprint density at radius 2 is 1.79 bits per heavy atom. The highest BCUT2D eigenvalue weighted by molar-refractivity contribution is 6.32. The summed E-state index contributed by atoms with van der Waals surface area (Å²) in [4.78, 5) is 23.9. The number of carboxylic acid groups (broad SMARTS) is 1. The van der Waals surface area contributed by atoms with Crippen LogP contribution in [0.15, 0.2) is 42.7 Å². The summed E-state index contributed by atoms with van der Waals surface area (Å²) >= 11 is 6.01. The first-order chi connectivity index (χ1) is 19.7. The zero-order chi connectivity index (χ0) is 30.7. The van der Waals surface area contributed by atoms with Crippen molar-refractivity contribution < 1.29 is 28.5 Å². The number of piperidine rings is 1. The lowest BCUT2D eigenvalue weighted by atomic mass is 9.82. The molecule has 1 N–H and O–H groups in total. The molecule has 0 radical (unpaired) electrons. The SMILES string of the molecule is Cc1ncc(-c2ccc(OCCOc3ccc(F)cc3Cl)nc2)c(N2CCC(C)(C)CC2)c1[C@H](OC(C)(C)C)C(=O)O. The van der Waals surface area contributed by atoms with Crippen molar-refractivity contribution >= 4 is 23.3 Å². The molecule has 3 heterocycles. The van der Waals surface area contributed by atoms with E-state index in [2.05, 4.69) is 28.7 Å². The van der Waals surface area contributed by atoms with Crippen LogP contribution in [0.3, 0.4) is 0 Å². The summed E-state index contributed by atoms with van der Waals surface area (Å²) in [6.45, 7) is 13.9. The average molecular weight is 600 g/mol. The van der Waals surface area contributed by atoms with Gasteiger partial charge in [-0.05, 0) is 70.2 Å². The van der Waals surface area contributed by atoms with E-state index < -0.39 is 23.5 Å². The average Bonchev–Trinajstić information content (AvgIpc) is 2.91. The number of aryl methyl sites for hydroxylation is 1. The van der Waals surface area contributed by atoms with Crippen LogP contribution in [0.2, 0.25) is 5.02 Å². The molecule has 1 fully saturated rings. The van der Waals surface area contributed by atoms with E-state index in [1.54, 1.807) is 18.5 Å². The number of hydrogen-bond donors (Lipinski definition) is 1. The Morgan fingerprint density at radius 1 is 1.10 bits per heavy atom. The summed E-state index contributed by atoms with van der Waals surface area (Å²) in [5.41, 5.74) is 3.08. The second-order valence-electron chi connectivity index (χ2n) is 12.3. The first-order valence-electron chi connectivity index (χ1n) is 14.1. The third kappa shape index (κ3) is 7.89. The van der Waals surface area contributed by atoms with Crippen molar-refractivity contribution in [3.05, 3.63) is 64.8 Å². The highest BCUT2D eigenvalue weighted by atomic mass is 35.5. The van der Waals surface area contributed by atoms with E-state index in [4.69, 9.17) is 25.8 Å². The minimum absolute atomic E-state index is 0.190. The van der Waals surface area contributed by atoms with Gasteiger partial charge in [-0.1, -0.05) is 25.4 Å². The molecule has 226 valence electrons. The summed E-state index contributed by atoms with van der Waals surface area (Å²) in [5, 5.41) is 10.5. The molecule has 0 amide bonds. The fourth-order valence-corrected chi connectivity index (χ4v) is 5.13. The number of benzene rings is 1. The summed E-state index contributed by atoms with van der Waals surface area (Å²) in [7, 11) is 0. The Labute approximate surface area is 251 Å². The molecule has 0 bridgehead atoms. The number of pyridine rings is 2. The molecular weight excluding hydrogens is 561 g/mol. The highest BCUT2D eigenvalue weighted by Gasteiger charge is 2.35. The molecule has 8 nitrogen and oxygen atoms in total. The molecule has 3 aromatic rings. The topological polar surface area (TPSA) is 94.0 Å². The van der Waals surface area contributed by atoms with Gasteiger partial charge in [0.15, 0.2) is 6.10 Å². The van der Waals surface area contributed by atoms with Gasteiger partial charge < -0.3 is 24.2 Å². The van der Waals surface area contributed by atoms with Crippen LogP contribution in [0.5, 0.6) is 11.6 Å². The lowest BCUT2D eigenvalue weighted by molar-refractivity contribution is -0.160. The van der Waals surface area contributed by atoms with Crippen LogP contribution >= 0.6 is 11.6 Å². The maximum atomic E-state index is 13.2. The number of carboxylic acids is 1. The van der Waals surface area contributed by atoms with Crippen LogP contribution in [-0.2, 0) is 9.53 Å². The molecule has 4 rings (SSSR count). The molecular formula is C32H39ClFN3O5. The number of nitrogens with zero attached hydrogens (tertiary/aromatic N) is 3. The van der Waals surface area contributed by atoms with Crippen LogP contribution < -0.4 is 14.4 Å². The fraction of sp³-hybridized carbons (Fsp3) is 0.469. The van der Waals surface area contributed by atoms with Gasteiger partial charge in [0, 0.05) is 53.9 Å². The van der Waals surface area contributed by atoms with Crippen molar-refractivity contribution in [2.45, 2.75) is 66.1 Å². The van der Waals surface area contributed by atoms with Crippen molar-refractivity contribution in [1.82, 2.24) is 9.97 Å². The summed E-state index contributed by atoms with van der Waals surface area (Å²) < 4.78 is 30.7. The number of aromatic nitrogens is 2. The Balaban J connectivity index is 1.61. The number of rotatable bonds is 10. The first-order valence-corrected chi connectivity index (χ1v) is 14.4. The third-order valence-corrected chi connectivity index (χ3v) is 7.51. The summed E-state index contributed by atoms with van der Waals surface area (Å²) in [5.74, 6) is -0.724. The van der Waals surface area contributed by atoms with Crippen molar-refractivity contribution in [3.63, 3.8) is 0 Å². The van der Waals surface area contributed by atoms with Gasteiger partial charge in [-0.2, -0.15) is 0 Å². The highest BCUT2D eigenvalue weighted by Crippen LogP contribution is 2.43. The van der Waals surface area contributed by atoms with Gasteiger partial charge in [0.05, 0.1) is 16.3 Å². The molecule has 0 unspecified atom stereocenters. The van der Waals surface area contributed by atoms with Gasteiger partial charge in [0.1, 0.15) is 24.8 Å². The smallest absolute Gasteiger partial charge is 0.337 e. The number of carbonyl (C=O) groups is 1. The van der Waals surface area contributed by atoms with Gasteiger partial charge in [-0.15, -0.1) is 0 Å². The summed E-state index contributed by atoms with van der Waals surface area (Å²) in [6, 6.07) is 7.57. The molecule has 0 aliphatic carbocycles. The zero-order valence-corrected chi connectivity index (χ0v) is 25.8. The van der Waals surface area contributed by atoms with Crippen molar-refractivity contribution in [1.29, 1.82) is 0 Å². The van der Waals surface area contributed by atoms with E-state index in [1.165, 1.54) is 18.2 Å². The van der Waals surface area contributed by atoms with Gasteiger partial charge in [-0.3, -0.25) is 4.98 Å². The van der Waals surface area contributed by atoms with Gasteiger partial charge >= 0.3 is 5.97 Å². The van der Waals surface area contributed by atoms with Crippen LogP contribution in [0.4, 0.5) is 10.1 Å². The van der Waals surface area contributed by atoms with Crippen LogP contribution in [0.1, 0.15) is 64.8 Å². The van der Waals surface area contributed by atoms with Gasteiger partial charge in [0.2, 0.25) is 5.88 Å². The van der Waals surface area contributed by atoms with E-state index in [1.807, 2.05) is 33.8 Å². The van der Waals surface area contributed by atoms with E-state index >= 15 is 0 Å². The molecule has 1 atom stereocenters. The standard InChI is InChI=1S/C32H39ClFN3O5/c1-20-27(29(30(38)39)42-31(2,3)4)28(37-13-11-32(5,6)12-14-37)23(19-35-20)21-7-10-26(36-18-21)41-16-15-40-25-9-8-22(34)17-24(25)33/h7-10,17-19,29H,11-16H2,1-6H3,(H,38,39)/t29-/m0/s1. The number of halogens is 2. The van der Waals surface area contributed by atoms with E-state index in [9.17, 15) is 14.3 Å². The van der Waals surface area contributed by atoms with Gasteiger partial charge in [0.25, 0.3) is 0 Å². The lowest BCUT2D eigenvalue weighted by Gasteiger charge is -2.40. The van der Waals surface area contributed by atoms with Crippen molar-refractivity contribution in [2.75, 3.05) is 31.2 Å². The molecule has 10 heteroatoms. The minimum atomic E-state index is -1.19. The van der Waals surface area contributed by atoms with Gasteiger partial charge in [-0.25, -0.2) is 14.2 Å². The van der Waals surface area contributed by atoms with E-state index in [0.29, 0.717) is 22.9 Å². The fourth-order valence-electron chi connectivity index (χ4n) is 4.91. The van der Waals surface area contributed by atoms with E-state index in [0.717, 1.165) is 42.7 Å². The predicted molar refractivity (Wildman–Crippen MR) is 161 cm³/mol. The van der Waals surface area contributed by atoms with E-state index in [-0.39, 0.29) is 23.7 Å². The monoisotopic (exact) mass is 599 g/mol. The second kappa shape index (κ2) is 12.8. The number of ether oxygens (including phenoxy) is 3. The second-order valence-corrected chi connectivity index (χ2v) is 12.7. The zero-order valence-electron chi connectivity index (χ0n) is 25.0. The normalized spacial score (nSPS) is 15.8. The lowest BCUT2D eigenvalue weighted by Crippen LogP contribution is -2.39. The third-order valence-electron chi connectivity index (χ3n) is 7.21. The maximum Gasteiger partial charge on any atom is 0.337 e. The van der Waals surface area contributed by atoms with Crippen LogP contribution in [0, 0.1) is 18.2 Å². The Bertz CT molecular complexity index is 1400. The number of aliphatic carboxylic acids is 1. The summed E-state index contributed by atoms with van der Waals surface area (Å²) in [6.07, 6.45) is 4.23. The Hall–Kier alpha value is -3.43. The molecule has 1 aliphatic heterocycles. The largest absolute Gasteiger partial charge is 0.488 e. The van der Waals surface area contributed by atoms with Crippen molar-refractivity contribution in [3.8, 4) is 22.8 Å². The molecule has 42 heavy (non-hydrogen) atoms. The molecule has 1 aromatic carbocycles. The number of anilines is 1.